The highest BCUT2D eigenvalue weighted by molar-refractivity contribution is 5.99. The SMILES string of the molecule is CC(=O)C(C(F)(F)F)C(F)(F)F.CCCCC1CCC([N+]2(C)C=CC(N)=NC2=O)O1.COC1(OC)CCCCC1. The van der Waals surface area contributed by atoms with Crippen molar-refractivity contribution < 1.29 is 54.6 Å². The molecule has 0 aromatic rings. The van der Waals surface area contributed by atoms with Crippen LogP contribution in [0.3, 0.4) is 0 Å². The molecule has 1 saturated carbocycles. The standard InChI is InChI=1S/C13H21N3O2.C8H16O2.C5H4F6O/c1-3-4-5-10-6-7-12(18-10)16(2)9-8-11(14)15-13(16)17;1-9-8(10-2)6-4-3-5-7-8;1-2(12)3(4(6,7)8)5(9,10)11/h8-10,12H,3-7H2,1-2H3,(H-,14,15,17);3-7H2,1-2H3;3H,1H3/p+1. The number of amidine groups is 1. The van der Waals surface area contributed by atoms with Crippen LogP contribution in [0.1, 0.15) is 78.1 Å². The van der Waals surface area contributed by atoms with Gasteiger partial charge < -0.3 is 19.9 Å². The number of Topliss-reactive ketones (excluding diaryl/α,β-unsaturated/α-hetero) is 1. The van der Waals surface area contributed by atoms with E-state index in [9.17, 15) is 35.9 Å². The summed E-state index contributed by atoms with van der Waals surface area (Å²) in [5, 5.41) is 0. The number of urea groups is 1. The molecule has 2 fully saturated rings. The predicted molar refractivity (Wildman–Crippen MR) is 136 cm³/mol. The van der Waals surface area contributed by atoms with Gasteiger partial charge in [-0.2, -0.15) is 30.8 Å². The van der Waals surface area contributed by atoms with E-state index < -0.39 is 24.1 Å². The first-order valence-electron chi connectivity index (χ1n) is 13.3. The Balaban J connectivity index is 0.000000318. The normalized spacial score (nSPS) is 26.4. The lowest BCUT2D eigenvalue weighted by Gasteiger charge is -2.34. The second kappa shape index (κ2) is 15.3. The second-order valence-electron chi connectivity index (χ2n) is 10.2. The molecular formula is C26H42F6N3O5+. The summed E-state index contributed by atoms with van der Waals surface area (Å²) in [6.07, 6.45) is 3.81. The molecule has 1 aliphatic carbocycles. The monoisotopic (exact) mass is 590 g/mol. The summed E-state index contributed by atoms with van der Waals surface area (Å²) >= 11 is 0. The maximum atomic E-state index is 12.0. The molecule has 3 atom stereocenters. The Morgan fingerprint density at radius 2 is 1.68 bits per heavy atom. The van der Waals surface area contributed by atoms with Crippen LogP contribution < -0.4 is 5.73 Å². The Labute approximate surface area is 231 Å². The minimum atomic E-state index is -5.55. The van der Waals surface area contributed by atoms with E-state index in [1.165, 1.54) is 32.1 Å². The zero-order valence-corrected chi connectivity index (χ0v) is 23.7. The van der Waals surface area contributed by atoms with E-state index in [0.29, 0.717) is 0 Å². The maximum absolute atomic E-state index is 12.0. The predicted octanol–water partition coefficient (Wildman–Crippen LogP) is 6.39. The summed E-state index contributed by atoms with van der Waals surface area (Å²) in [4.78, 5) is 25.8. The Hall–Kier alpha value is -2.03. The smallest absolute Gasteiger partial charge is 0.383 e. The van der Waals surface area contributed by atoms with Crippen LogP contribution in [-0.2, 0) is 19.0 Å². The fourth-order valence-corrected chi connectivity index (χ4v) is 4.72. The zero-order valence-electron chi connectivity index (χ0n) is 23.7. The molecule has 2 N–H and O–H groups in total. The summed E-state index contributed by atoms with van der Waals surface area (Å²) in [6.45, 7) is 2.43. The lowest BCUT2D eigenvalue weighted by atomic mass is 9.94. The molecular weight excluding hydrogens is 548 g/mol. The molecule has 0 bridgehead atoms. The van der Waals surface area contributed by atoms with Crippen LogP contribution in [0.5, 0.6) is 0 Å². The number of halogens is 6. The highest BCUT2D eigenvalue weighted by Gasteiger charge is 2.59. The van der Waals surface area contributed by atoms with Gasteiger partial charge in [0.2, 0.25) is 12.1 Å². The molecule has 3 rings (SSSR count). The van der Waals surface area contributed by atoms with Gasteiger partial charge in [-0.25, -0.2) is 4.79 Å². The van der Waals surface area contributed by atoms with Gasteiger partial charge in [0.05, 0.1) is 13.2 Å². The molecule has 3 aliphatic rings. The van der Waals surface area contributed by atoms with Crippen molar-refractivity contribution in [3.63, 3.8) is 0 Å². The van der Waals surface area contributed by atoms with E-state index in [1.807, 2.05) is 7.05 Å². The Morgan fingerprint density at radius 3 is 2.05 bits per heavy atom. The van der Waals surface area contributed by atoms with Gasteiger partial charge >= 0.3 is 18.4 Å². The van der Waals surface area contributed by atoms with Crippen LogP contribution in [0.25, 0.3) is 0 Å². The van der Waals surface area contributed by atoms with Gasteiger partial charge in [0.15, 0.2) is 11.6 Å². The Kier molecular flexibility index (Phi) is 13.7. The van der Waals surface area contributed by atoms with Gasteiger partial charge in [0, 0.05) is 39.6 Å². The van der Waals surface area contributed by atoms with Gasteiger partial charge in [-0.15, -0.1) is 4.99 Å². The Morgan fingerprint density at radius 1 is 1.12 bits per heavy atom. The highest BCUT2D eigenvalue weighted by atomic mass is 19.4. The van der Waals surface area contributed by atoms with Crippen LogP contribution in [0.4, 0.5) is 31.1 Å². The molecule has 2 amide bonds. The molecule has 2 aliphatic heterocycles. The first-order valence-corrected chi connectivity index (χ1v) is 13.3. The lowest BCUT2D eigenvalue weighted by molar-refractivity contribution is -0.830. The van der Waals surface area contributed by atoms with Crippen LogP contribution in [-0.4, -0.2) is 73.9 Å². The number of aliphatic imine (C=N–C) groups is 1. The van der Waals surface area contributed by atoms with E-state index in [0.717, 1.165) is 32.1 Å². The number of ether oxygens (including phenoxy) is 3. The van der Waals surface area contributed by atoms with E-state index in [-0.39, 0.29) is 41.4 Å². The van der Waals surface area contributed by atoms with Crippen molar-refractivity contribution in [2.75, 3.05) is 21.3 Å². The highest BCUT2D eigenvalue weighted by Crippen LogP contribution is 2.39. The van der Waals surface area contributed by atoms with E-state index in [1.54, 1.807) is 26.5 Å². The van der Waals surface area contributed by atoms with E-state index >= 15 is 0 Å². The molecule has 0 radical (unpaired) electrons. The number of hydrogen-bond acceptors (Lipinski definition) is 6. The van der Waals surface area contributed by atoms with Crippen molar-refractivity contribution in [1.29, 1.82) is 0 Å². The number of carbonyl (C=O) groups is 2. The number of ketones is 1. The van der Waals surface area contributed by atoms with Crippen molar-refractivity contribution in [2.24, 2.45) is 16.6 Å². The molecule has 0 aromatic heterocycles. The van der Waals surface area contributed by atoms with Gasteiger partial charge in [0.1, 0.15) is 12.0 Å². The molecule has 0 aromatic carbocycles. The molecule has 8 nitrogen and oxygen atoms in total. The average Bonchev–Trinajstić information content (AvgIpc) is 3.34. The minimum Gasteiger partial charge on any atom is -0.383 e. The summed E-state index contributed by atoms with van der Waals surface area (Å²) in [6, 6.07) is -0.240. The number of hydrogen-bond donors (Lipinski definition) is 1. The molecule has 1 saturated heterocycles. The lowest BCUT2D eigenvalue weighted by Crippen LogP contribution is -2.53. The summed E-state index contributed by atoms with van der Waals surface area (Å²) in [5.41, 5.74) is 5.53. The number of rotatable bonds is 7. The third-order valence-electron chi connectivity index (χ3n) is 7.18. The van der Waals surface area contributed by atoms with Crippen molar-refractivity contribution in [3.05, 3.63) is 12.3 Å². The summed E-state index contributed by atoms with van der Waals surface area (Å²) < 4.78 is 85.9. The minimum absolute atomic E-state index is 0.0866. The summed E-state index contributed by atoms with van der Waals surface area (Å²) in [5.74, 6) is -5.77. The van der Waals surface area contributed by atoms with Crippen molar-refractivity contribution in [2.45, 2.75) is 109 Å². The largest absolute Gasteiger partial charge is 0.451 e. The number of methoxy groups -OCH3 is 2. The van der Waals surface area contributed by atoms with Crippen molar-refractivity contribution in [3.8, 4) is 0 Å². The van der Waals surface area contributed by atoms with Gasteiger partial charge in [-0.05, 0) is 32.6 Å². The molecule has 0 spiro atoms. The summed E-state index contributed by atoms with van der Waals surface area (Å²) in [7, 11) is 5.30. The van der Waals surface area contributed by atoms with Crippen molar-refractivity contribution in [1.82, 2.24) is 0 Å². The third-order valence-corrected chi connectivity index (χ3v) is 7.18. The van der Waals surface area contributed by atoms with Crippen molar-refractivity contribution >= 4 is 17.6 Å². The van der Waals surface area contributed by atoms with Gasteiger partial charge in [0.25, 0.3) is 0 Å². The number of amides is 2. The van der Waals surface area contributed by atoms with Gasteiger partial charge in [-0.1, -0.05) is 26.2 Å². The molecule has 232 valence electrons. The van der Waals surface area contributed by atoms with Crippen LogP contribution >= 0.6 is 0 Å². The molecule has 40 heavy (non-hydrogen) atoms. The third kappa shape index (κ3) is 10.4. The number of carbonyl (C=O) groups excluding carboxylic acids is 2. The quantitative estimate of drug-likeness (QED) is 0.210. The number of nitrogens with two attached hydrogens (primary N) is 1. The van der Waals surface area contributed by atoms with Gasteiger partial charge in [-0.3, -0.25) is 4.79 Å². The average molecular weight is 591 g/mol. The fraction of sp³-hybridized carbons (Fsp3) is 0.808. The van der Waals surface area contributed by atoms with Crippen LogP contribution in [0, 0.1) is 5.92 Å². The molecule has 14 heteroatoms. The molecule has 3 unspecified atom stereocenters. The number of unbranched alkanes of at least 4 members (excludes halogenated alkanes) is 1. The zero-order chi connectivity index (χ0) is 30.8. The fourth-order valence-electron chi connectivity index (χ4n) is 4.72. The van der Waals surface area contributed by atoms with E-state index in [4.69, 9.17) is 19.9 Å². The van der Waals surface area contributed by atoms with E-state index in [2.05, 4.69) is 11.9 Å². The first-order chi connectivity index (χ1) is 18.5. The van der Waals surface area contributed by atoms with Crippen LogP contribution in [0.15, 0.2) is 17.3 Å². The molecule has 2 heterocycles. The number of nitrogens with zero attached hydrogens (tertiary/aromatic N) is 2. The second-order valence-corrected chi connectivity index (χ2v) is 10.2. The first kappa shape index (κ1) is 36.0. The topological polar surface area (TPSA) is 100 Å². The number of quaternary nitrogens is 1. The number of alkyl halides is 6. The maximum Gasteiger partial charge on any atom is 0.451 e. The Bertz CT molecular complexity index is 867. The van der Waals surface area contributed by atoms with Crippen LogP contribution in [0.2, 0.25) is 0 Å².